The monoisotopic (exact) mass is 413 g/mol. The molecule has 7 nitrogen and oxygen atoms in total. The molecule has 0 aliphatic carbocycles. The van der Waals surface area contributed by atoms with E-state index in [0.29, 0.717) is 17.2 Å². The Labute approximate surface area is 176 Å². The minimum atomic E-state index is -0.295. The minimum absolute atomic E-state index is 0.104. The zero-order chi connectivity index (χ0) is 21.3. The molecule has 2 atom stereocenters. The van der Waals surface area contributed by atoms with E-state index in [1.54, 1.807) is 32.4 Å². The molecule has 2 aromatic rings. The summed E-state index contributed by atoms with van der Waals surface area (Å²) in [6.07, 6.45) is 2.69. The van der Waals surface area contributed by atoms with E-state index in [2.05, 4.69) is 5.32 Å². The maximum Gasteiger partial charge on any atom is 0.362 e. The fraction of sp³-hybridized carbons (Fsp3) is 0.391. The van der Waals surface area contributed by atoms with Gasteiger partial charge in [0.1, 0.15) is 6.61 Å². The SMILES string of the molecule is COc1ccc(NC(=O)[C@H]2CCCC[NH+]2CC(=O)OCc2ccccc2)cc1OC. The van der Waals surface area contributed by atoms with Gasteiger partial charge in [0.05, 0.1) is 20.8 Å². The molecule has 0 radical (unpaired) electrons. The second-order valence-corrected chi connectivity index (χ2v) is 7.34. The summed E-state index contributed by atoms with van der Waals surface area (Å²) >= 11 is 0. The number of anilines is 1. The summed E-state index contributed by atoms with van der Waals surface area (Å²) in [5, 5.41) is 2.95. The number of ether oxygens (including phenoxy) is 3. The molecule has 1 aliphatic rings. The second-order valence-electron chi connectivity index (χ2n) is 7.34. The van der Waals surface area contributed by atoms with E-state index < -0.39 is 0 Å². The highest BCUT2D eigenvalue weighted by molar-refractivity contribution is 5.94. The number of nitrogens with one attached hydrogen (secondary N) is 2. The van der Waals surface area contributed by atoms with E-state index in [9.17, 15) is 9.59 Å². The minimum Gasteiger partial charge on any atom is -0.493 e. The van der Waals surface area contributed by atoms with Crippen molar-refractivity contribution in [3.63, 3.8) is 0 Å². The summed E-state index contributed by atoms with van der Waals surface area (Å²) in [4.78, 5) is 26.2. The van der Waals surface area contributed by atoms with Crippen molar-refractivity contribution in [3.05, 3.63) is 54.1 Å². The van der Waals surface area contributed by atoms with Crippen LogP contribution in [0, 0.1) is 0 Å². The van der Waals surface area contributed by atoms with Gasteiger partial charge in [-0.15, -0.1) is 0 Å². The topological polar surface area (TPSA) is 78.3 Å². The summed E-state index contributed by atoms with van der Waals surface area (Å²) in [7, 11) is 3.12. The molecular formula is C23H29N2O5+. The summed E-state index contributed by atoms with van der Waals surface area (Å²) in [5.74, 6) is 0.752. The largest absolute Gasteiger partial charge is 0.493 e. The standard InChI is InChI=1S/C23H28N2O5/c1-28-20-12-11-18(14-21(20)29-2)24-23(27)19-10-6-7-13-25(19)15-22(26)30-16-17-8-4-3-5-9-17/h3-5,8-9,11-12,14,19H,6-7,10,13,15-16H2,1-2H3,(H,24,27)/p+1/t19-/m1/s1. The van der Waals surface area contributed by atoms with Crippen LogP contribution in [0.5, 0.6) is 11.5 Å². The van der Waals surface area contributed by atoms with Crippen LogP contribution in [0.4, 0.5) is 5.69 Å². The number of carbonyl (C=O) groups excluding carboxylic acids is 2. The Morgan fingerprint density at radius 3 is 2.53 bits per heavy atom. The lowest BCUT2D eigenvalue weighted by atomic mass is 10.0. The summed E-state index contributed by atoms with van der Waals surface area (Å²) < 4.78 is 15.9. The van der Waals surface area contributed by atoms with Crippen molar-refractivity contribution in [1.82, 2.24) is 0 Å². The van der Waals surface area contributed by atoms with Crippen molar-refractivity contribution in [3.8, 4) is 11.5 Å². The number of rotatable bonds is 8. The molecule has 1 saturated heterocycles. The van der Waals surface area contributed by atoms with E-state index in [-0.39, 0.29) is 31.1 Å². The highest BCUT2D eigenvalue weighted by Crippen LogP contribution is 2.29. The van der Waals surface area contributed by atoms with Crippen LogP contribution in [-0.2, 0) is 20.9 Å². The number of quaternary nitrogens is 1. The summed E-state index contributed by atoms with van der Waals surface area (Å²) in [5.41, 5.74) is 1.58. The van der Waals surface area contributed by atoms with Crippen molar-refractivity contribution in [2.24, 2.45) is 0 Å². The van der Waals surface area contributed by atoms with Gasteiger partial charge in [-0.25, -0.2) is 4.79 Å². The average molecular weight is 413 g/mol. The molecule has 160 valence electrons. The first-order chi connectivity index (χ1) is 14.6. The van der Waals surface area contributed by atoms with Gasteiger partial charge in [-0.05, 0) is 30.5 Å². The molecular weight excluding hydrogens is 384 g/mol. The Morgan fingerprint density at radius 2 is 1.80 bits per heavy atom. The van der Waals surface area contributed by atoms with Gasteiger partial charge in [0.15, 0.2) is 24.1 Å². The molecule has 1 fully saturated rings. The van der Waals surface area contributed by atoms with Crippen molar-refractivity contribution < 1.29 is 28.7 Å². The number of likely N-dealkylation sites (tertiary alicyclic amines) is 1. The Balaban J connectivity index is 1.59. The molecule has 1 aliphatic heterocycles. The molecule has 0 spiro atoms. The third-order valence-corrected chi connectivity index (χ3v) is 5.32. The van der Waals surface area contributed by atoms with Crippen molar-refractivity contribution in [1.29, 1.82) is 0 Å². The summed E-state index contributed by atoms with van der Waals surface area (Å²) in [6.45, 7) is 1.19. The molecule has 0 saturated carbocycles. The van der Waals surface area contributed by atoms with Gasteiger partial charge < -0.3 is 24.4 Å². The predicted molar refractivity (Wildman–Crippen MR) is 113 cm³/mol. The number of methoxy groups -OCH3 is 2. The molecule has 2 N–H and O–H groups in total. The van der Waals surface area contributed by atoms with E-state index in [1.165, 1.54) is 0 Å². The van der Waals surface area contributed by atoms with Crippen LogP contribution in [0.15, 0.2) is 48.5 Å². The van der Waals surface area contributed by atoms with Gasteiger partial charge in [0, 0.05) is 18.2 Å². The van der Waals surface area contributed by atoms with Crippen molar-refractivity contribution in [2.75, 3.05) is 32.6 Å². The molecule has 30 heavy (non-hydrogen) atoms. The molecule has 0 aromatic heterocycles. The first kappa shape index (κ1) is 21.6. The lowest BCUT2D eigenvalue weighted by Crippen LogP contribution is -3.18. The van der Waals surface area contributed by atoms with E-state index >= 15 is 0 Å². The molecule has 3 rings (SSSR count). The quantitative estimate of drug-likeness (QED) is 0.646. The Kier molecular flexibility index (Phi) is 7.68. The zero-order valence-corrected chi connectivity index (χ0v) is 17.5. The molecule has 0 bridgehead atoms. The normalized spacial score (nSPS) is 18.3. The van der Waals surface area contributed by atoms with Crippen molar-refractivity contribution in [2.45, 2.75) is 31.9 Å². The second kappa shape index (κ2) is 10.6. The smallest absolute Gasteiger partial charge is 0.362 e. The lowest BCUT2D eigenvalue weighted by Gasteiger charge is -2.30. The van der Waals surface area contributed by atoms with Crippen molar-refractivity contribution >= 4 is 17.6 Å². The van der Waals surface area contributed by atoms with Gasteiger partial charge in [-0.2, -0.15) is 0 Å². The molecule has 1 heterocycles. The fourth-order valence-corrected chi connectivity index (χ4v) is 3.72. The Hall–Kier alpha value is -3.06. The lowest BCUT2D eigenvalue weighted by molar-refractivity contribution is -0.913. The van der Waals surface area contributed by atoms with Gasteiger partial charge in [0.25, 0.3) is 5.91 Å². The predicted octanol–water partition coefficient (Wildman–Crippen LogP) is 1.82. The molecule has 1 amide bonds. The number of benzene rings is 2. The van der Waals surface area contributed by atoms with E-state index in [1.807, 2.05) is 30.3 Å². The van der Waals surface area contributed by atoms with Crippen LogP contribution in [-0.4, -0.2) is 45.2 Å². The fourth-order valence-electron chi connectivity index (χ4n) is 3.72. The first-order valence-electron chi connectivity index (χ1n) is 10.2. The van der Waals surface area contributed by atoms with Crippen LogP contribution in [0.1, 0.15) is 24.8 Å². The molecule has 2 aromatic carbocycles. The number of amides is 1. The maximum atomic E-state index is 12.9. The average Bonchev–Trinajstić information content (AvgIpc) is 2.78. The third kappa shape index (κ3) is 5.73. The van der Waals surface area contributed by atoms with Gasteiger partial charge in [-0.1, -0.05) is 30.3 Å². The number of hydrogen-bond acceptors (Lipinski definition) is 5. The van der Waals surface area contributed by atoms with E-state index in [4.69, 9.17) is 14.2 Å². The van der Waals surface area contributed by atoms with E-state index in [0.717, 1.165) is 36.3 Å². The zero-order valence-electron chi connectivity index (χ0n) is 17.5. The van der Waals surface area contributed by atoms with Gasteiger partial charge >= 0.3 is 5.97 Å². The van der Waals surface area contributed by atoms with Gasteiger partial charge in [-0.3, -0.25) is 4.79 Å². The van der Waals surface area contributed by atoms with Crippen LogP contribution >= 0.6 is 0 Å². The number of esters is 1. The van der Waals surface area contributed by atoms with Crippen LogP contribution < -0.4 is 19.7 Å². The first-order valence-corrected chi connectivity index (χ1v) is 10.2. The van der Waals surface area contributed by atoms with Crippen LogP contribution in [0.2, 0.25) is 0 Å². The maximum absolute atomic E-state index is 12.9. The van der Waals surface area contributed by atoms with Crippen LogP contribution in [0.25, 0.3) is 0 Å². The highest BCUT2D eigenvalue weighted by atomic mass is 16.5. The molecule has 7 heteroatoms. The molecule has 1 unspecified atom stereocenters. The number of hydrogen-bond donors (Lipinski definition) is 2. The Morgan fingerprint density at radius 1 is 1.03 bits per heavy atom. The summed E-state index contributed by atoms with van der Waals surface area (Å²) in [6, 6.07) is 14.5. The van der Waals surface area contributed by atoms with Crippen LogP contribution in [0.3, 0.4) is 0 Å². The number of carbonyl (C=O) groups is 2. The Bertz CT molecular complexity index is 856. The third-order valence-electron chi connectivity index (χ3n) is 5.32. The highest BCUT2D eigenvalue weighted by Gasteiger charge is 2.34. The number of piperidine rings is 1. The van der Waals surface area contributed by atoms with Gasteiger partial charge in [0.2, 0.25) is 0 Å².